The summed E-state index contributed by atoms with van der Waals surface area (Å²) in [4.78, 5) is 0. The van der Waals surface area contributed by atoms with E-state index in [-0.39, 0.29) is 16.5 Å². The summed E-state index contributed by atoms with van der Waals surface area (Å²) < 4.78 is 0. The minimum Gasteiger partial charge on any atom is -0.506 e. The lowest BCUT2D eigenvalue weighted by atomic mass is 10.1. The highest BCUT2D eigenvalue weighted by Crippen LogP contribution is 2.32. The summed E-state index contributed by atoms with van der Waals surface area (Å²) in [5.74, 6) is 0.00208. The predicted molar refractivity (Wildman–Crippen MR) is 57.9 cm³/mol. The van der Waals surface area contributed by atoms with E-state index in [1.807, 2.05) is 0 Å². The Morgan fingerprint density at radius 3 is 2.57 bits per heavy atom. The van der Waals surface area contributed by atoms with Crippen molar-refractivity contribution in [2.75, 3.05) is 5.75 Å². The molecule has 1 aromatic rings. The first-order valence-electron chi connectivity index (χ1n) is 4.02. The summed E-state index contributed by atoms with van der Waals surface area (Å²) in [5, 5.41) is 28.2. The second-order valence-electron chi connectivity index (χ2n) is 2.88. The van der Waals surface area contributed by atoms with Crippen molar-refractivity contribution >= 4 is 24.2 Å². The van der Waals surface area contributed by atoms with Crippen LogP contribution in [0.4, 0.5) is 0 Å². The molecule has 0 amide bonds. The van der Waals surface area contributed by atoms with Gasteiger partial charge in [0, 0.05) is 11.3 Å². The van der Waals surface area contributed by atoms with Crippen LogP contribution in [0.5, 0.6) is 5.75 Å². The maximum atomic E-state index is 9.60. The van der Waals surface area contributed by atoms with Gasteiger partial charge in [0.1, 0.15) is 11.9 Å². The number of hydrogen-bond donors (Lipinski definition) is 4. The molecule has 0 saturated carbocycles. The highest BCUT2D eigenvalue weighted by molar-refractivity contribution is 7.80. The van der Waals surface area contributed by atoms with Crippen LogP contribution >= 0.6 is 24.2 Å². The molecule has 0 bridgehead atoms. The molecule has 0 aromatic heterocycles. The Bertz CT molecular complexity index is 319. The molecule has 0 aliphatic heterocycles. The highest BCUT2D eigenvalue weighted by atomic mass is 35.5. The smallest absolute Gasteiger partial charge is 0.134 e. The lowest BCUT2D eigenvalue weighted by Gasteiger charge is -2.17. The van der Waals surface area contributed by atoms with Crippen LogP contribution in [0.3, 0.4) is 0 Å². The molecule has 0 fully saturated rings. The SMILES string of the molecule is Oc1cccc(C(O)C(O)CS)c1Cl. The lowest BCUT2D eigenvalue weighted by Crippen LogP contribution is -2.19. The van der Waals surface area contributed by atoms with Crippen molar-refractivity contribution in [1.29, 1.82) is 0 Å². The summed E-state index contributed by atoms with van der Waals surface area (Å²) in [6, 6.07) is 4.50. The molecule has 14 heavy (non-hydrogen) atoms. The van der Waals surface area contributed by atoms with Gasteiger partial charge in [-0.15, -0.1) is 0 Å². The van der Waals surface area contributed by atoms with Gasteiger partial charge in [-0.3, -0.25) is 0 Å². The van der Waals surface area contributed by atoms with Crippen molar-refractivity contribution in [1.82, 2.24) is 0 Å². The summed E-state index contributed by atoms with van der Waals surface area (Å²) >= 11 is 9.59. The molecule has 78 valence electrons. The van der Waals surface area contributed by atoms with Crippen molar-refractivity contribution in [3.63, 3.8) is 0 Å². The van der Waals surface area contributed by atoms with E-state index in [0.717, 1.165) is 0 Å². The Hall–Kier alpha value is -0.420. The number of aromatic hydroxyl groups is 1. The van der Waals surface area contributed by atoms with Gasteiger partial charge in [0.05, 0.1) is 11.1 Å². The molecule has 3 nitrogen and oxygen atoms in total. The average molecular weight is 235 g/mol. The van der Waals surface area contributed by atoms with Crippen LogP contribution in [0.25, 0.3) is 0 Å². The van der Waals surface area contributed by atoms with E-state index < -0.39 is 12.2 Å². The van der Waals surface area contributed by atoms with Crippen LogP contribution in [-0.2, 0) is 0 Å². The van der Waals surface area contributed by atoms with Gasteiger partial charge in [0.25, 0.3) is 0 Å². The van der Waals surface area contributed by atoms with Gasteiger partial charge >= 0.3 is 0 Å². The zero-order valence-corrected chi connectivity index (χ0v) is 8.91. The van der Waals surface area contributed by atoms with Crippen LogP contribution in [0.1, 0.15) is 11.7 Å². The molecule has 1 rings (SSSR count). The first-order chi connectivity index (χ1) is 6.57. The molecular formula is C9H11ClO3S. The van der Waals surface area contributed by atoms with Crippen molar-refractivity contribution in [2.24, 2.45) is 0 Å². The summed E-state index contributed by atoms with van der Waals surface area (Å²) in [6.07, 6.45) is -2.13. The van der Waals surface area contributed by atoms with Crippen LogP contribution in [0.15, 0.2) is 18.2 Å². The molecule has 0 saturated heterocycles. The van der Waals surface area contributed by atoms with E-state index in [9.17, 15) is 15.3 Å². The molecule has 1 aromatic carbocycles. The van der Waals surface area contributed by atoms with E-state index in [2.05, 4.69) is 12.6 Å². The highest BCUT2D eigenvalue weighted by Gasteiger charge is 2.20. The van der Waals surface area contributed by atoms with E-state index in [0.29, 0.717) is 5.56 Å². The molecule has 3 N–H and O–H groups in total. The Morgan fingerprint density at radius 1 is 1.36 bits per heavy atom. The predicted octanol–water partition coefficient (Wildman–Crippen LogP) is 1.37. The van der Waals surface area contributed by atoms with E-state index >= 15 is 0 Å². The molecule has 2 unspecified atom stereocenters. The van der Waals surface area contributed by atoms with E-state index in [1.165, 1.54) is 6.07 Å². The van der Waals surface area contributed by atoms with Crippen molar-refractivity contribution in [3.05, 3.63) is 28.8 Å². The Balaban J connectivity index is 3.01. The zero-order valence-electron chi connectivity index (χ0n) is 7.26. The van der Waals surface area contributed by atoms with Gasteiger partial charge in [-0.1, -0.05) is 23.7 Å². The van der Waals surface area contributed by atoms with Crippen LogP contribution in [0.2, 0.25) is 5.02 Å². The lowest BCUT2D eigenvalue weighted by molar-refractivity contribution is 0.0337. The number of aliphatic hydroxyl groups is 2. The minimum absolute atomic E-state index is 0.0563. The Labute approximate surface area is 92.4 Å². The van der Waals surface area contributed by atoms with Gasteiger partial charge in [-0.2, -0.15) is 12.6 Å². The number of thiol groups is 1. The second-order valence-corrected chi connectivity index (χ2v) is 3.62. The monoisotopic (exact) mass is 234 g/mol. The summed E-state index contributed by atoms with van der Waals surface area (Å²) in [5.41, 5.74) is 0.299. The second kappa shape index (κ2) is 4.89. The average Bonchev–Trinajstić information content (AvgIpc) is 2.20. The number of halogens is 1. The fraction of sp³-hybridized carbons (Fsp3) is 0.333. The molecule has 0 heterocycles. The van der Waals surface area contributed by atoms with Gasteiger partial charge in [0.2, 0.25) is 0 Å². The fourth-order valence-electron chi connectivity index (χ4n) is 1.07. The largest absolute Gasteiger partial charge is 0.506 e. The van der Waals surface area contributed by atoms with Crippen molar-refractivity contribution in [2.45, 2.75) is 12.2 Å². The number of rotatable bonds is 3. The van der Waals surface area contributed by atoms with Crippen LogP contribution in [0, 0.1) is 0 Å². The number of benzene rings is 1. The number of phenols is 1. The third kappa shape index (κ3) is 2.33. The first kappa shape index (κ1) is 11.7. The first-order valence-corrected chi connectivity index (χ1v) is 5.03. The maximum absolute atomic E-state index is 9.60. The zero-order chi connectivity index (χ0) is 10.7. The summed E-state index contributed by atoms with van der Waals surface area (Å²) in [6.45, 7) is 0. The van der Waals surface area contributed by atoms with Crippen LogP contribution in [-0.4, -0.2) is 27.2 Å². The fourth-order valence-corrected chi connectivity index (χ4v) is 1.51. The topological polar surface area (TPSA) is 60.7 Å². The normalized spacial score (nSPS) is 15.1. The van der Waals surface area contributed by atoms with Crippen LogP contribution < -0.4 is 0 Å². The maximum Gasteiger partial charge on any atom is 0.134 e. The van der Waals surface area contributed by atoms with Crippen molar-refractivity contribution in [3.8, 4) is 5.75 Å². The third-order valence-electron chi connectivity index (χ3n) is 1.88. The Kier molecular flexibility index (Phi) is 4.07. The van der Waals surface area contributed by atoms with E-state index in [4.69, 9.17) is 11.6 Å². The minimum atomic E-state index is -1.13. The molecular weight excluding hydrogens is 224 g/mol. The molecule has 0 spiro atoms. The van der Waals surface area contributed by atoms with E-state index in [1.54, 1.807) is 12.1 Å². The molecule has 2 atom stereocenters. The Morgan fingerprint density at radius 2 is 2.00 bits per heavy atom. The quantitative estimate of drug-likeness (QED) is 0.598. The molecule has 0 radical (unpaired) electrons. The van der Waals surface area contributed by atoms with Gasteiger partial charge in [-0.05, 0) is 6.07 Å². The van der Waals surface area contributed by atoms with Crippen molar-refractivity contribution < 1.29 is 15.3 Å². The molecule has 0 aliphatic carbocycles. The number of phenolic OH excluding ortho intramolecular Hbond substituents is 1. The standard InChI is InChI=1S/C9H11ClO3S/c10-8-5(2-1-3-6(8)11)9(13)7(12)4-14/h1-3,7,9,11-14H,4H2. The third-order valence-corrected chi connectivity index (χ3v) is 2.66. The van der Waals surface area contributed by atoms with Gasteiger partial charge in [0.15, 0.2) is 0 Å². The van der Waals surface area contributed by atoms with Gasteiger partial charge < -0.3 is 15.3 Å². The summed E-state index contributed by atoms with van der Waals surface area (Å²) in [7, 11) is 0. The number of hydrogen-bond acceptors (Lipinski definition) is 4. The molecule has 0 aliphatic rings. The molecule has 5 heteroatoms. The number of aliphatic hydroxyl groups excluding tert-OH is 2. The van der Waals surface area contributed by atoms with Gasteiger partial charge in [-0.25, -0.2) is 0 Å².